The van der Waals surface area contributed by atoms with Crippen molar-refractivity contribution in [3.63, 3.8) is 0 Å². The number of rotatable bonds is 6. The Morgan fingerprint density at radius 2 is 2.23 bits per heavy atom. The SMILES string of the molecule is O=C(O)CC(NC(=O)CC1CCCCO1)c1cccc(Br)c1. The maximum absolute atomic E-state index is 12.2. The molecule has 2 rings (SSSR count). The third-order valence-electron chi connectivity index (χ3n) is 3.65. The van der Waals surface area contributed by atoms with Crippen LogP contribution in [-0.4, -0.2) is 29.7 Å². The Morgan fingerprint density at radius 1 is 1.41 bits per heavy atom. The van der Waals surface area contributed by atoms with Gasteiger partial charge in [0.05, 0.1) is 25.0 Å². The summed E-state index contributed by atoms with van der Waals surface area (Å²) in [5.74, 6) is -1.11. The van der Waals surface area contributed by atoms with E-state index in [2.05, 4.69) is 21.2 Å². The second-order valence-corrected chi connectivity index (χ2v) is 6.38. The number of halogens is 1. The molecule has 0 spiro atoms. The van der Waals surface area contributed by atoms with Crippen LogP contribution in [0.3, 0.4) is 0 Å². The van der Waals surface area contributed by atoms with Gasteiger partial charge in [-0.25, -0.2) is 0 Å². The number of carbonyl (C=O) groups excluding carboxylic acids is 1. The van der Waals surface area contributed by atoms with Crippen LogP contribution in [0.2, 0.25) is 0 Å². The van der Waals surface area contributed by atoms with Gasteiger partial charge in [0.2, 0.25) is 5.91 Å². The second-order valence-electron chi connectivity index (χ2n) is 5.47. The number of carboxylic acids is 1. The van der Waals surface area contributed by atoms with Gasteiger partial charge < -0.3 is 15.2 Å². The summed E-state index contributed by atoms with van der Waals surface area (Å²) in [6.07, 6.45) is 3.08. The summed E-state index contributed by atoms with van der Waals surface area (Å²) in [6, 6.07) is 6.79. The van der Waals surface area contributed by atoms with E-state index in [-0.39, 0.29) is 24.9 Å². The molecule has 2 unspecified atom stereocenters. The Morgan fingerprint density at radius 3 is 2.86 bits per heavy atom. The van der Waals surface area contributed by atoms with Crippen molar-refractivity contribution in [3.8, 4) is 0 Å². The topological polar surface area (TPSA) is 75.6 Å². The monoisotopic (exact) mass is 369 g/mol. The first kappa shape index (κ1) is 17.0. The lowest BCUT2D eigenvalue weighted by atomic mass is 10.0. The molecule has 1 aromatic carbocycles. The summed E-state index contributed by atoms with van der Waals surface area (Å²) < 4.78 is 6.40. The van der Waals surface area contributed by atoms with E-state index in [9.17, 15) is 9.59 Å². The van der Waals surface area contributed by atoms with Gasteiger partial charge in [0, 0.05) is 11.1 Å². The zero-order valence-electron chi connectivity index (χ0n) is 12.3. The molecule has 5 nitrogen and oxygen atoms in total. The lowest BCUT2D eigenvalue weighted by Gasteiger charge is -2.24. The third kappa shape index (κ3) is 5.42. The Labute approximate surface area is 138 Å². The predicted octanol–water partition coefficient (Wildman–Crippen LogP) is 3.04. The van der Waals surface area contributed by atoms with E-state index in [1.807, 2.05) is 24.3 Å². The van der Waals surface area contributed by atoms with Crippen LogP contribution >= 0.6 is 15.9 Å². The molecule has 22 heavy (non-hydrogen) atoms. The second kappa shape index (κ2) is 8.29. The summed E-state index contributed by atoms with van der Waals surface area (Å²) in [6.45, 7) is 0.697. The summed E-state index contributed by atoms with van der Waals surface area (Å²) in [7, 11) is 0. The molecular formula is C16H20BrNO4. The summed E-state index contributed by atoms with van der Waals surface area (Å²) in [5, 5.41) is 11.9. The van der Waals surface area contributed by atoms with Gasteiger partial charge in [-0.3, -0.25) is 9.59 Å². The minimum absolute atomic E-state index is 0.0539. The van der Waals surface area contributed by atoms with Crippen LogP contribution < -0.4 is 5.32 Å². The molecular weight excluding hydrogens is 350 g/mol. The molecule has 2 atom stereocenters. The fourth-order valence-electron chi connectivity index (χ4n) is 2.58. The molecule has 1 saturated heterocycles. The predicted molar refractivity (Wildman–Crippen MR) is 85.5 cm³/mol. The average molecular weight is 370 g/mol. The average Bonchev–Trinajstić information content (AvgIpc) is 2.47. The number of hydrogen-bond acceptors (Lipinski definition) is 3. The maximum Gasteiger partial charge on any atom is 0.305 e. The van der Waals surface area contributed by atoms with Crippen LogP contribution in [0, 0.1) is 0 Å². The fraction of sp³-hybridized carbons (Fsp3) is 0.500. The molecule has 2 N–H and O–H groups in total. The number of benzene rings is 1. The first-order valence-corrected chi connectivity index (χ1v) is 8.22. The number of nitrogens with one attached hydrogen (secondary N) is 1. The fourth-order valence-corrected chi connectivity index (χ4v) is 3.00. The standard InChI is InChI=1S/C16H20BrNO4/c17-12-5-3-4-11(8-12)14(10-16(20)21)18-15(19)9-13-6-1-2-7-22-13/h3-5,8,13-14H,1-2,6-7,9-10H2,(H,18,19)(H,20,21). The molecule has 1 aliphatic heterocycles. The largest absolute Gasteiger partial charge is 0.481 e. The van der Waals surface area contributed by atoms with Crippen molar-refractivity contribution >= 4 is 27.8 Å². The molecule has 0 aliphatic carbocycles. The zero-order chi connectivity index (χ0) is 15.9. The smallest absolute Gasteiger partial charge is 0.305 e. The Kier molecular flexibility index (Phi) is 6.39. The molecule has 1 fully saturated rings. The molecule has 0 aromatic heterocycles. The van der Waals surface area contributed by atoms with E-state index in [0.29, 0.717) is 6.61 Å². The van der Waals surface area contributed by atoms with Crippen LogP contribution in [-0.2, 0) is 14.3 Å². The molecule has 0 radical (unpaired) electrons. The van der Waals surface area contributed by atoms with Crippen molar-refractivity contribution in [2.24, 2.45) is 0 Å². The normalized spacial score (nSPS) is 19.4. The van der Waals surface area contributed by atoms with E-state index < -0.39 is 12.0 Å². The number of carboxylic acid groups (broad SMARTS) is 1. The zero-order valence-corrected chi connectivity index (χ0v) is 13.8. The third-order valence-corrected chi connectivity index (χ3v) is 4.15. The van der Waals surface area contributed by atoms with Crippen molar-refractivity contribution in [2.75, 3.05) is 6.61 Å². The van der Waals surface area contributed by atoms with Gasteiger partial charge in [-0.2, -0.15) is 0 Å². The van der Waals surface area contributed by atoms with E-state index in [1.165, 1.54) is 0 Å². The van der Waals surface area contributed by atoms with E-state index in [4.69, 9.17) is 9.84 Å². The van der Waals surface area contributed by atoms with Crippen LogP contribution in [0.5, 0.6) is 0 Å². The highest BCUT2D eigenvalue weighted by Gasteiger charge is 2.22. The molecule has 120 valence electrons. The molecule has 6 heteroatoms. The molecule has 0 saturated carbocycles. The minimum atomic E-state index is -0.945. The lowest BCUT2D eigenvalue weighted by molar-refractivity contribution is -0.137. The Hall–Kier alpha value is -1.40. The van der Waals surface area contributed by atoms with E-state index >= 15 is 0 Å². The molecule has 1 aromatic rings. The summed E-state index contributed by atoms with van der Waals surface area (Å²) in [5.41, 5.74) is 0.773. The van der Waals surface area contributed by atoms with Gasteiger partial charge in [-0.15, -0.1) is 0 Å². The van der Waals surface area contributed by atoms with E-state index in [1.54, 1.807) is 0 Å². The highest BCUT2D eigenvalue weighted by molar-refractivity contribution is 9.10. The summed E-state index contributed by atoms with van der Waals surface area (Å²) in [4.78, 5) is 23.2. The van der Waals surface area contributed by atoms with Gasteiger partial charge in [-0.05, 0) is 37.0 Å². The van der Waals surface area contributed by atoms with Crippen LogP contribution in [0.25, 0.3) is 0 Å². The number of ether oxygens (including phenoxy) is 1. The first-order chi connectivity index (χ1) is 10.5. The quantitative estimate of drug-likeness (QED) is 0.807. The van der Waals surface area contributed by atoms with Gasteiger partial charge in [0.15, 0.2) is 0 Å². The summed E-state index contributed by atoms with van der Waals surface area (Å²) >= 11 is 3.36. The van der Waals surface area contributed by atoms with Crippen molar-refractivity contribution in [2.45, 2.75) is 44.2 Å². The van der Waals surface area contributed by atoms with Crippen LogP contribution in [0.1, 0.15) is 43.7 Å². The highest BCUT2D eigenvalue weighted by atomic mass is 79.9. The number of hydrogen-bond donors (Lipinski definition) is 2. The lowest BCUT2D eigenvalue weighted by Crippen LogP contribution is -2.34. The van der Waals surface area contributed by atoms with Crippen molar-refractivity contribution in [3.05, 3.63) is 34.3 Å². The Balaban J connectivity index is 1.99. The van der Waals surface area contributed by atoms with Gasteiger partial charge >= 0.3 is 5.97 Å². The first-order valence-electron chi connectivity index (χ1n) is 7.43. The molecule has 1 aliphatic rings. The van der Waals surface area contributed by atoms with Gasteiger partial charge in [0.1, 0.15) is 0 Å². The molecule has 1 amide bonds. The van der Waals surface area contributed by atoms with Gasteiger partial charge in [-0.1, -0.05) is 28.1 Å². The van der Waals surface area contributed by atoms with E-state index in [0.717, 1.165) is 29.3 Å². The maximum atomic E-state index is 12.2. The van der Waals surface area contributed by atoms with Crippen LogP contribution in [0.15, 0.2) is 28.7 Å². The number of amides is 1. The minimum Gasteiger partial charge on any atom is -0.481 e. The van der Waals surface area contributed by atoms with Crippen molar-refractivity contribution in [1.29, 1.82) is 0 Å². The number of aliphatic carboxylic acids is 1. The Bertz CT molecular complexity index is 529. The van der Waals surface area contributed by atoms with Crippen molar-refractivity contribution in [1.82, 2.24) is 5.32 Å². The van der Waals surface area contributed by atoms with Crippen LogP contribution in [0.4, 0.5) is 0 Å². The van der Waals surface area contributed by atoms with Crippen molar-refractivity contribution < 1.29 is 19.4 Å². The number of carbonyl (C=O) groups is 2. The molecule has 1 heterocycles. The van der Waals surface area contributed by atoms with Gasteiger partial charge in [0.25, 0.3) is 0 Å². The highest BCUT2D eigenvalue weighted by Crippen LogP contribution is 2.22. The molecule has 0 bridgehead atoms.